The molecule has 2 atom stereocenters. The van der Waals surface area contributed by atoms with Crippen LogP contribution in [-0.2, 0) is 4.79 Å². The lowest BCUT2D eigenvalue weighted by molar-refractivity contribution is -0.104. The fourth-order valence-electron chi connectivity index (χ4n) is 1.78. The maximum atomic E-state index is 13.7. The van der Waals surface area contributed by atoms with E-state index in [0.29, 0.717) is 22.4 Å². The third-order valence-electron chi connectivity index (χ3n) is 2.72. The van der Waals surface area contributed by atoms with Crippen LogP contribution in [0.25, 0.3) is 5.57 Å². The summed E-state index contributed by atoms with van der Waals surface area (Å²) >= 11 is 13.1. The number of aldehydes is 1. The minimum atomic E-state index is -1.43. The van der Waals surface area contributed by atoms with E-state index in [1.54, 1.807) is 18.4 Å². The van der Waals surface area contributed by atoms with Gasteiger partial charge < -0.3 is 0 Å². The Balaban J connectivity index is 3.58. The van der Waals surface area contributed by atoms with Gasteiger partial charge in [-0.25, -0.2) is 4.39 Å². The van der Waals surface area contributed by atoms with Crippen LogP contribution in [0.2, 0.25) is 10.0 Å². The predicted molar refractivity (Wildman–Crippen MR) is 82.6 cm³/mol. The molecule has 0 aromatic heterocycles. The highest BCUT2D eigenvalue weighted by Gasteiger charge is 2.27. The summed E-state index contributed by atoms with van der Waals surface area (Å²) in [5, 5.41) is 9.90. The molecule has 1 aromatic carbocycles. The number of carbonyl (C=O) groups excluding carboxylic acids is 1. The second-order valence-electron chi connectivity index (χ2n) is 4.01. The van der Waals surface area contributed by atoms with E-state index in [2.05, 4.69) is 0 Å². The summed E-state index contributed by atoms with van der Waals surface area (Å²) in [4.78, 5) is 11.5. The van der Waals surface area contributed by atoms with Gasteiger partial charge in [0, 0.05) is 10.0 Å². The van der Waals surface area contributed by atoms with Crippen molar-refractivity contribution in [1.82, 2.24) is 0 Å². The summed E-state index contributed by atoms with van der Waals surface area (Å²) in [5.41, 5.74) is 0.746. The van der Waals surface area contributed by atoms with Crippen molar-refractivity contribution in [2.75, 3.05) is 6.26 Å². The van der Waals surface area contributed by atoms with Crippen LogP contribution in [0.15, 0.2) is 23.1 Å². The molecule has 6 heteroatoms. The quantitative estimate of drug-likeness (QED) is 0.576. The summed E-state index contributed by atoms with van der Waals surface area (Å²) in [7, 11) is 0. The number of halogens is 3. The zero-order valence-electron chi connectivity index (χ0n) is 10.9. The minimum absolute atomic E-state index is 0.279. The highest BCUT2D eigenvalue weighted by molar-refractivity contribution is 8.03. The Morgan fingerprint density at radius 2 is 2.15 bits per heavy atom. The van der Waals surface area contributed by atoms with Gasteiger partial charge in [-0.05, 0) is 36.4 Å². The number of nitriles is 1. The van der Waals surface area contributed by atoms with Crippen molar-refractivity contribution in [3.63, 3.8) is 0 Å². The first-order valence-corrected chi connectivity index (χ1v) is 7.66. The highest BCUT2D eigenvalue weighted by atomic mass is 35.5. The average Bonchev–Trinajstić information content (AvgIpc) is 2.39. The molecule has 0 aliphatic rings. The molecule has 1 unspecified atom stereocenters. The maximum absolute atomic E-state index is 13.7. The molecule has 0 N–H and O–H groups in total. The van der Waals surface area contributed by atoms with Crippen LogP contribution < -0.4 is 0 Å². The van der Waals surface area contributed by atoms with Gasteiger partial charge in [0.05, 0.1) is 11.0 Å². The van der Waals surface area contributed by atoms with Crippen molar-refractivity contribution in [1.29, 1.82) is 5.26 Å². The molecule has 0 heterocycles. The van der Waals surface area contributed by atoms with Crippen molar-refractivity contribution in [2.45, 2.75) is 13.1 Å². The molecule has 20 heavy (non-hydrogen) atoms. The number of thioether (sulfide) groups is 1. The van der Waals surface area contributed by atoms with Crippen molar-refractivity contribution >= 4 is 46.8 Å². The van der Waals surface area contributed by atoms with Crippen LogP contribution in [-0.4, -0.2) is 18.7 Å². The van der Waals surface area contributed by atoms with Gasteiger partial charge in [-0.3, -0.25) is 4.79 Å². The molecule has 0 fully saturated rings. The Morgan fingerprint density at radius 3 is 2.55 bits per heavy atom. The molecule has 2 nitrogen and oxygen atoms in total. The molecule has 0 aliphatic heterocycles. The third-order valence-corrected chi connectivity index (χ3v) is 4.03. The number of benzene rings is 1. The van der Waals surface area contributed by atoms with Crippen LogP contribution in [0.5, 0.6) is 0 Å². The van der Waals surface area contributed by atoms with Crippen LogP contribution in [0, 0.1) is 17.2 Å². The molecule has 0 radical (unpaired) electrons. The first-order valence-electron chi connectivity index (χ1n) is 5.68. The lowest BCUT2D eigenvalue weighted by Crippen LogP contribution is -2.14. The Labute approximate surface area is 131 Å². The predicted octanol–water partition coefficient (Wildman–Crippen LogP) is 4.76. The number of carbonyl (C=O) groups is 1. The normalized spacial score (nSPS) is 15.0. The Hall–Kier alpha value is -1.02. The summed E-state index contributed by atoms with van der Waals surface area (Å²) in [6, 6.07) is 6.57. The SMILES string of the molecule is CS/C(C=O)=C(/c1ccc(Cl)cc1Cl)[C@@H](C#N)C(C)F. The number of allylic oxidation sites excluding steroid dienone is 2. The molecular formula is C14H12Cl2FNOS. The fraction of sp³-hybridized carbons (Fsp3) is 0.286. The standard InChI is InChI=1S/C14H12Cl2FNOS/c1-8(17)11(6-18)14(13(7-19)20-2)10-4-3-9(15)5-12(10)16/h3-5,7-8,11H,1-2H3/b14-13-/t8?,11-/m0/s1. The monoisotopic (exact) mass is 331 g/mol. The Bertz CT molecular complexity index is 581. The van der Waals surface area contributed by atoms with E-state index in [9.17, 15) is 14.4 Å². The number of hydrogen-bond acceptors (Lipinski definition) is 3. The number of rotatable bonds is 5. The molecular weight excluding hydrogens is 320 g/mol. The summed E-state index contributed by atoms with van der Waals surface area (Å²) in [6.45, 7) is 1.28. The lowest BCUT2D eigenvalue weighted by atomic mass is 9.90. The summed E-state index contributed by atoms with van der Waals surface area (Å²) in [5.74, 6) is -1.07. The van der Waals surface area contributed by atoms with E-state index in [-0.39, 0.29) is 9.93 Å². The second-order valence-corrected chi connectivity index (χ2v) is 5.70. The van der Waals surface area contributed by atoms with Crippen LogP contribution in [0.4, 0.5) is 4.39 Å². The van der Waals surface area contributed by atoms with Crippen LogP contribution in [0.1, 0.15) is 12.5 Å². The molecule has 0 aliphatic carbocycles. The van der Waals surface area contributed by atoms with Gasteiger partial charge in [0.2, 0.25) is 0 Å². The van der Waals surface area contributed by atoms with Gasteiger partial charge >= 0.3 is 0 Å². The van der Waals surface area contributed by atoms with E-state index in [1.807, 2.05) is 6.07 Å². The van der Waals surface area contributed by atoms with Gasteiger partial charge in [-0.1, -0.05) is 29.3 Å². The lowest BCUT2D eigenvalue weighted by Gasteiger charge is -2.18. The maximum Gasteiger partial charge on any atom is 0.156 e. The Kier molecular flexibility index (Phi) is 6.54. The summed E-state index contributed by atoms with van der Waals surface area (Å²) < 4.78 is 13.7. The van der Waals surface area contributed by atoms with Gasteiger partial charge in [-0.15, -0.1) is 11.8 Å². The van der Waals surface area contributed by atoms with E-state index < -0.39 is 12.1 Å². The topological polar surface area (TPSA) is 40.9 Å². The average molecular weight is 332 g/mol. The summed E-state index contributed by atoms with van der Waals surface area (Å²) in [6.07, 6.45) is 0.867. The molecule has 0 saturated heterocycles. The number of nitrogens with zero attached hydrogens (tertiary/aromatic N) is 1. The highest BCUT2D eigenvalue weighted by Crippen LogP contribution is 2.37. The number of hydrogen-bond donors (Lipinski definition) is 0. The third kappa shape index (κ3) is 3.76. The second kappa shape index (κ2) is 7.68. The zero-order chi connectivity index (χ0) is 15.3. The van der Waals surface area contributed by atoms with Crippen molar-refractivity contribution in [3.8, 4) is 6.07 Å². The largest absolute Gasteiger partial charge is 0.297 e. The molecule has 0 spiro atoms. The van der Waals surface area contributed by atoms with Crippen molar-refractivity contribution in [3.05, 3.63) is 38.7 Å². The molecule has 0 bridgehead atoms. The van der Waals surface area contributed by atoms with Crippen molar-refractivity contribution in [2.24, 2.45) is 5.92 Å². The van der Waals surface area contributed by atoms with E-state index in [4.69, 9.17) is 23.2 Å². The van der Waals surface area contributed by atoms with Gasteiger partial charge in [-0.2, -0.15) is 5.26 Å². The van der Waals surface area contributed by atoms with E-state index in [0.717, 1.165) is 11.8 Å². The van der Waals surface area contributed by atoms with Crippen LogP contribution in [0.3, 0.4) is 0 Å². The molecule has 106 valence electrons. The van der Waals surface area contributed by atoms with Gasteiger partial charge in [0.15, 0.2) is 6.29 Å². The smallest absolute Gasteiger partial charge is 0.156 e. The molecule has 0 amide bonds. The van der Waals surface area contributed by atoms with E-state index >= 15 is 0 Å². The minimum Gasteiger partial charge on any atom is -0.297 e. The van der Waals surface area contributed by atoms with Gasteiger partial charge in [0.1, 0.15) is 12.1 Å². The first kappa shape index (κ1) is 17.0. The molecule has 1 rings (SSSR count). The number of alkyl halides is 1. The fourth-order valence-corrected chi connectivity index (χ4v) is 2.84. The Morgan fingerprint density at radius 1 is 1.50 bits per heavy atom. The molecule has 0 saturated carbocycles. The van der Waals surface area contributed by atoms with Crippen LogP contribution >= 0.6 is 35.0 Å². The zero-order valence-corrected chi connectivity index (χ0v) is 13.2. The molecule has 1 aromatic rings. The first-order chi connectivity index (χ1) is 9.46. The van der Waals surface area contributed by atoms with Crippen molar-refractivity contribution < 1.29 is 9.18 Å². The van der Waals surface area contributed by atoms with E-state index in [1.165, 1.54) is 13.0 Å². The van der Waals surface area contributed by atoms with Gasteiger partial charge in [0.25, 0.3) is 0 Å².